The van der Waals surface area contributed by atoms with Gasteiger partial charge in [0.05, 0.1) is 34.0 Å². The molecule has 53 heavy (non-hydrogen) atoms. The molecule has 0 amide bonds. The molecule has 0 saturated carbocycles. The molecule has 0 aromatic rings. The number of carbonyl (C=O) groups is 1. The molecule has 0 aliphatic heterocycles. The highest BCUT2D eigenvalue weighted by Gasteiger charge is 2.19. The van der Waals surface area contributed by atoms with E-state index >= 15 is 0 Å². The van der Waals surface area contributed by atoms with Crippen LogP contribution in [0, 0.1) is 0 Å². The van der Waals surface area contributed by atoms with Gasteiger partial charge in [-0.05, 0) is 51.0 Å². The summed E-state index contributed by atoms with van der Waals surface area (Å²) in [6.45, 7) is 4.71. The van der Waals surface area contributed by atoms with Gasteiger partial charge in [-0.2, -0.15) is 0 Å². The number of esters is 1. The van der Waals surface area contributed by atoms with Crippen molar-refractivity contribution in [2.45, 2.75) is 206 Å². The first-order chi connectivity index (χ1) is 25.6. The van der Waals surface area contributed by atoms with Crippen LogP contribution in [0.15, 0.2) is 24.5 Å². The Bertz CT molecular complexity index is 905. The van der Waals surface area contributed by atoms with Gasteiger partial charge in [0, 0.05) is 6.42 Å². The molecule has 0 spiro atoms. The van der Waals surface area contributed by atoms with Gasteiger partial charge in [-0.25, -0.2) is 0 Å². The van der Waals surface area contributed by atoms with Crippen molar-refractivity contribution < 1.29 is 37.3 Å². The number of allylic oxidation sites excluding steroid dienone is 3. The highest BCUT2D eigenvalue weighted by Crippen LogP contribution is 2.38. The van der Waals surface area contributed by atoms with Gasteiger partial charge in [0.2, 0.25) is 0 Å². The fourth-order valence-electron chi connectivity index (χ4n) is 6.05. The lowest BCUT2D eigenvalue weighted by atomic mass is 10.0. The van der Waals surface area contributed by atoms with Crippen LogP contribution in [0.1, 0.15) is 200 Å². The Balaban J connectivity index is 4.27. The van der Waals surface area contributed by atoms with Gasteiger partial charge in [0.25, 0.3) is 7.82 Å². The summed E-state index contributed by atoms with van der Waals surface area (Å²) < 4.78 is 34.4. The molecule has 0 rings (SSSR count). The third kappa shape index (κ3) is 41.8. The van der Waals surface area contributed by atoms with Crippen molar-refractivity contribution in [3.63, 3.8) is 0 Å². The molecule has 0 radical (unpaired) electrons. The van der Waals surface area contributed by atoms with E-state index in [9.17, 15) is 14.3 Å². The summed E-state index contributed by atoms with van der Waals surface area (Å²) in [5.41, 5.74) is 0. The van der Waals surface area contributed by atoms with E-state index < -0.39 is 13.9 Å². The second kappa shape index (κ2) is 37.7. The summed E-state index contributed by atoms with van der Waals surface area (Å²) in [5, 5.41) is 0. The van der Waals surface area contributed by atoms with Crippen molar-refractivity contribution in [2.24, 2.45) is 0 Å². The first kappa shape index (κ1) is 51.8. The molecule has 8 nitrogen and oxygen atoms in total. The molecule has 0 saturated heterocycles. The minimum Gasteiger partial charge on any atom is -0.756 e. The second-order valence-electron chi connectivity index (χ2n) is 16.1. The quantitative estimate of drug-likeness (QED) is 0.0152. The maximum Gasteiger partial charge on any atom is 0.305 e. The number of hydrogen-bond donors (Lipinski definition) is 0. The zero-order valence-corrected chi connectivity index (χ0v) is 36.4. The monoisotopic (exact) mass is 772 g/mol. The van der Waals surface area contributed by atoms with Gasteiger partial charge in [-0.1, -0.05) is 161 Å². The third-order valence-electron chi connectivity index (χ3n) is 9.59. The molecule has 0 heterocycles. The van der Waals surface area contributed by atoms with E-state index in [4.69, 9.17) is 18.5 Å². The number of hydrogen-bond acceptors (Lipinski definition) is 7. The van der Waals surface area contributed by atoms with E-state index in [2.05, 4.69) is 26.0 Å². The molecule has 0 aliphatic carbocycles. The Morgan fingerprint density at radius 2 is 1.00 bits per heavy atom. The predicted molar refractivity (Wildman–Crippen MR) is 222 cm³/mol. The number of unbranched alkanes of at least 4 members (excludes halogenated alkanes) is 25. The number of carbonyl (C=O) groups excluding carboxylic acids is 1. The summed E-state index contributed by atoms with van der Waals surface area (Å²) in [7, 11) is 1.37. The molecule has 0 aromatic heterocycles. The van der Waals surface area contributed by atoms with E-state index in [1.807, 2.05) is 27.2 Å². The van der Waals surface area contributed by atoms with Crippen LogP contribution in [0.3, 0.4) is 0 Å². The molecular formula is C44H86NO7P. The summed E-state index contributed by atoms with van der Waals surface area (Å²) >= 11 is 0. The molecule has 2 unspecified atom stereocenters. The molecule has 0 fully saturated rings. The summed E-state index contributed by atoms with van der Waals surface area (Å²) in [4.78, 5) is 24.8. The number of phosphoric acid groups is 1. The number of rotatable bonds is 41. The standard InChI is InChI=1S/C44H86NO7P/c1-6-8-10-12-14-16-18-20-22-24-26-28-30-32-34-36-39-49-43(42-52-53(47,48)51-40-38-45(3,4)5)41-50-44(46)37-35-33-31-29-27-25-23-21-19-17-15-13-11-9-7-2/h17,19,36,39,43H,6-16,18,20-35,37-38,40-42H2,1-5H3/b19-17-,39-36-. The minimum absolute atomic E-state index is 0.0283. The average molecular weight is 772 g/mol. The average Bonchev–Trinajstić information content (AvgIpc) is 3.11. The normalized spacial score (nSPS) is 13.9. The Morgan fingerprint density at radius 1 is 0.585 bits per heavy atom. The number of phosphoric ester groups is 1. The first-order valence-corrected chi connectivity index (χ1v) is 23.6. The van der Waals surface area contributed by atoms with Gasteiger partial charge < -0.3 is 27.9 Å². The van der Waals surface area contributed by atoms with Crippen molar-refractivity contribution in [1.82, 2.24) is 0 Å². The van der Waals surface area contributed by atoms with Crippen LogP contribution in [0.25, 0.3) is 0 Å². The van der Waals surface area contributed by atoms with Crippen molar-refractivity contribution in [1.29, 1.82) is 0 Å². The highest BCUT2D eigenvalue weighted by atomic mass is 31.2. The van der Waals surface area contributed by atoms with Gasteiger partial charge in [0.15, 0.2) is 6.10 Å². The van der Waals surface area contributed by atoms with Crippen LogP contribution in [0.4, 0.5) is 0 Å². The maximum atomic E-state index is 12.5. The topological polar surface area (TPSA) is 94.1 Å². The summed E-state index contributed by atoms with van der Waals surface area (Å²) in [6.07, 6.45) is 42.8. The predicted octanol–water partition coefficient (Wildman–Crippen LogP) is 12.5. The Kier molecular flexibility index (Phi) is 36.9. The van der Waals surface area contributed by atoms with Crippen LogP contribution in [-0.4, -0.2) is 64.1 Å². The number of quaternary nitrogens is 1. The zero-order chi connectivity index (χ0) is 39.1. The van der Waals surface area contributed by atoms with E-state index in [0.717, 1.165) is 32.1 Å². The van der Waals surface area contributed by atoms with E-state index in [1.165, 1.54) is 148 Å². The molecule has 9 heteroatoms. The van der Waals surface area contributed by atoms with Gasteiger partial charge in [-0.3, -0.25) is 9.36 Å². The van der Waals surface area contributed by atoms with Crippen molar-refractivity contribution >= 4 is 13.8 Å². The number of likely N-dealkylation sites (N-methyl/N-ethyl adjacent to an activating group) is 1. The largest absolute Gasteiger partial charge is 0.756 e. The summed E-state index contributed by atoms with van der Waals surface area (Å²) in [5.74, 6) is -0.295. The maximum absolute atomic E-state index is 12.5. The molecule has 0 aliphatic rings. The van der Waals surface area contributed by atoms with E-state index in [-0.39, 0.29) is 25.8 Å². The minimum atomic E-state index is -4.51. The molecule has 0 aromatic carbocycles. The van der Waals surface area contributed by atoms with Crippen LogP contribution >= 0.6 is 7.82 Å². The lowest BCUT2D eigenvalue weighted by Gasteiger charge is -2.28. The SMILES string of the molecule is CCCCCC/C=C\CCCCCCCCCC(=O)OCC(COP(=O)([O-])OCC[N+](C)(C)C)O/C=C\CCCCCCCCCCCCCCCC. The Labute approximate surface area is 328 Å². The van der Waals surface area contributed by atoms with Crippen molar-refractivity contribution in [3.8, 4) is 0 Å². The summed E-state index contributed by atoms with van der Waals surface area (Å²) in [6, 6.07) is 0. The van der Waals surface area contributed by atoms with Crippen molar-refractivity contribution in [2.75, 3.05) is 47.5 Å². The Morgan fingerprint density at radius 3 is 1.47 bits per heavy atom. The van der Waals surface area contributed by atoms with E-state index in [1.54, 1.807) is 6.26 Å². The van der Waals surface area contributed by atoms with Gasteiger partial charge >= 0.3 is 5.97 Å². The Hall–Kier alpha value is -1.18. The number of ether oxygens (including phenoxy) is 2. The first-order valence-electron chi connectivity index (χ1n) is 22.1. The highest BCUT2D eigenvalue weighted by molar-refractivity contribution is 7.45. The zero-order valence-electron chi connectivity index (χ0n) is 35.5. The number of nitrogens with zero attached hydrogens (tertiary/aromatic N) is 1. The van der Waals surface area contributed by atoms with Crippen LogP contribution in [0.5, 0.6) is 0 Å². The molecule has 314 valence electrons. The molecule has 2 atom stereocenters. The van der Waals surface area contributed by atoms with Crippen LogP contribution in [0.2, 0.25) is 0 Å². The molecular weight excluding hydrogens is 685 g/mol. The molecule has 0 bridgehead atoms. The fourth-order valence-corrected chi connectivity index (χ4v) is 6.78. The van der Waals surface area contributed by atoms with Crippen molar-refractivity contribution in [3.05, 3.63) is 24.5 Å². The van der Waals surface area contributed by atoms with Crippen LogP contribution < -0.4 is 4.89 Å². The lowest BCUT2D eigenvalue weighted by molar-refractivity contribution is -0.870. The van der Waals surface area contributed by atoms with Gasteiger partial charge in [-0.15, -0.1) is 0 Å². The third-order valence-corrected chi connectivity index (χ3v) is 10.6. The second-order valence-corrected chi connectivity index (χ2v) is 17.5. The lowest BCUT2D eigenvalue weighted by Crippen LogP contribution is -2.37. The van der Waals surface area contributed by atoms with E-state index in [0.29, 0.717) is 17.4 Å². The smallest absolute Gasteiger partial charge is 0.305 e. The van der Waals surface area contributed by atoms with Gasteiger partial charge in [0.1, 0.15) is 19.8 Å². The van der Waals surface area contributed by atoms with Crippen LogP contribution in [-0.2, 0) is 27.9 Å². The molecule has 0 N–H and O–H groups in total. The fraction of sp³-hybridized carbons (Fsp3) is 0.886.